The van der Waals surface area contributed by atoms with Gasteiger partial charge in [0.2, 0.25) is 0 Å². The minimum Gasteiger partial charge on any atom is -0.320 e. The van der Waals surface area contributed by atoms with E-state index in [4.69, 9.17) is 5.73 Å². The largest absolute Gasteiger partial charge is 0.320 e. The van der Waals surface area contributed by atoms with Crippen LogP contribution >= 0.6 is 22.6 Å². The SMILES string of the molecule is CCCCc1ccc(C(N)c2ccccc2I)cc1. The molecule has 0 aliphatic carbocycles. The number of halogens is 1. The van der Waals surface area contributed by atoms with Crippen LogP contribution in [0.3, 0.4) is 0 Å². The van der Waals surface area contributed by atoms with Crippen molar-refractivity contribution in [2.45, 2.75) is 32.2 Å². The Balaban J connectivity index is 2.16. The van der Waals surface area contributed by atoms with Gasteiger partial charge in [-0.2, -0.15) is 0 Å². The molecule has 0 saturated carbocycles. The summed E-state index contributed by atoms with van der Waals surface area (Å²) in [4.78, 5) is 0. The van der Waals surface area contributed by atoms with Crippen LogP contribution in [0.2, 0.25) is 0 Å². The average Bonchev–Trinajstić information content (AvgIpc) is 2.45. The van der Waals surface area contributed by atoms with Gasteiger partial charge in [-0.05, 0) is 58.2 Å². The lowest BCUT2D eigenvalue weighted by atomic mass is 9.97. The van der Waals surface area contributed by atoms with E-state index in [2.05, 4.69) is 65.9 Å². The van der Waals surface area contributed by atoms with Crippen LogP contribution in [0, 0.1) is 3.57 Å². The maximum atomic E-state index is 6.36. The zero-order chi connectivity index (χ0) is 13.7. The summed E-state index contributed by atoms with van der Waals surface area (Å²) in [6, 6.07) is 17.0. The van der Waals surface area contributed by atoms with Gasteiger partial charge in [0.25, 0.3) is 0 Å². The van der Waals surface area contributed by atoms with Gasteiger partial charge in [-0.15, -0.1) is 0 Å². The second-order valence-corrected chi connectivity index (χ2v) is 6.01. The van der Waals surface area contributed by atoms with E-state index in [1.807, 2.05) is 12.1 Å². The highest BCUT2D eigenvalue weighted by atomic mass is 127. The van der Waals surface area contributed by atoms with Crippen molar-refractivity contribution in [3.8, 4) is 0 Å². The Morgan fingerprint density at radius 3 is 2.37 bits per heavy atom. The molecule has 0 bridgehead atoms. The molecule has 2 aromatic rings. The molecule has 0 spiro atoms. The molecule has 2 heteroatoms. The summed E-state index contributed by atoms with van der Waals surface area (Å²) in [6.45, 7) is 2.22. The van der Waals surface area contributed by atoms with Gasteiger partial charge in [-0.3, -0.25) is 0 Å². The molecular formula is C17H20IN. The maximum absolute atomic E-state index is 6.36. The third kappa shape index (κ3) is 3.80. The quantitative estimate of drug-likeness (QED) is 0.765. The van der Waals surface area contributed by atoms with Gasteiger partial charge < -0.3 is 5.73 Å². The molecule has 0 saturated heterocycles. The molecule has 2 aromatic carbocycles. The number of hydrogen-bond donors (Lipinski definition) is 1. The molecule has 19 heavy (non-hydrogen) atoms. The smallest absolute Gasteiger partial charge is 0.0562 e. The molecule has 1 nitrogen and oxygen atoms in total. The third-order valence-electron chi connectivity index (χ3n) is 3.40. The molecule has 100 valence electrons. The number of nitrogens with two attached hydrogens (primary N) is 1. The molecule has 0 aromatic heterocycles. The van der Waals surface area contributed by atoms with Crippen LogP contribution in [-0.2, 0) is 6.42 Å². The lowest BCUT2D eigenvalue weighted by molar-refractivity contribution is 0.793. The second-order valence-electron chi connectivity index (χ2n) is 4.84. The molecule has 2 N–H and O–H groups in total. The molecule has 2 rings (SSSR count). The minimum atomic E-state index is -0.0340. The first-order valence-corrected chi connectivity index (χ1v) is 7.89. The van der Waals surface area contributed by atoms with Crippen molar-refractivity contribution in [1.82, 2.24) is 0 Å². The van der Waals surface area contributed by atoms with Crippen molar-refractivity contribution < 1.29 is 0 Å². The fraction of sp³-hybridized carbons (Fsp3) is 0.294. The Bertz CT molecular complexity index is 519. The van der Waals surface area contributed by atoms with E-state index in [9.17, 15) is 0 Å². The first kappa shape index (κ1) is 14.5. The Hall–Kier alpha value is -0.870. The van der Waals surface area contributed by atoms with Crippen molar-refractivity contribution in [2.75, 3.05) is 0 Å². The Morgan fingerprint density at radius 1 is 1.05 bits per heavy atom. The van der Waals surface area contributed by atoms with Crippen molar-refractivity contribution >= 4 is 22.6 Å². The summed E-state index contributed by atoms with van der Waals surface area (Å²) in [5.41, 5.74) is 10.1. The highest BCUT2D eigenvalue weighted by Gasteiger charge is 2.11. The van der Waals surface area contributed by atoms with Gasteiger partial charge in [0.1, 0.15) is 0 Å². The summed E-state index contributed by atoms with van der Waals surface area (Å²) >= 11 is 2.35. The van der Waals surface area contributed by atoms with Gasteiger partial charge in [0, 0.05) is 3.57 Å². The summed E-state index contributed by atoms with van der Waals surface area (Å²) in [6.07, 6.45) is 3.65. The molecule has 1 atom stereocenters. The Labute approximate surface area is 129 Å². The van der Waals surface area contributed by atoms with Crippen LogP contribution in [0.25, 0.3) is 0 Å². The van der Waals surface area contributed by atoms with E-state index in [-0.39, 0.29) is 6.04 Å². The van der Waals surface area contributed by atoms with Crippen LogP contribution in [-0.4, -0.2) is 0 Å². The summed E-state index contributed by atoms with van der Waals surface area (Å²) < 4.78 is 1.22. The molecular weight excluding hydrogens is 345 g/mol. The third-order valence-corrected chi connectivity index (χ3v) is 4.38. The molecule has 0 aliphatic rings. The molecule has 0 heterocycles. The minimum absolute atomic E-state index is 0.0340. The molecule has 0 amide bonds. The van der Waals surface area contributed by atoms with Gasteiger partial charge in [-0.25, -0.2) is 0 Å². The van der Waals surface area contributed by atoms with E-state index in [1.165, 1.54) is 33.1 Å². The zero-order valence-corrected chi connectivity index (χ0v) is 13.4. The number of unbranched alkanes of at least 4 members (excludes halogenated alkanes) is 1. The Morgan fingerprint density at radius 2 is 1.74 bits per heavy atom. The van der Waals surface area contributed by atoms with Crippen LogP contribution in [0.4, 0.5) is 0 Å². The second kappa shape index (κ2) is 7.06. The van der Waals surface area contributed by atoms with Gasteiger partial charge in [-0.1, -0.05) is 55.8 Å². The first-order valence-electron chi connectivity index (χ1n) is 6.81. The molecule has 0 aliphatic heterocycles. The maximum Gasteiger partial charge on any atom is 0.0562 e. The number of hydrogen-bond acceptors (Lipinski definition) is 1. The lowest BCUT2D eigenvalue weighted by Crippen LogP contribution is -2.13. The standard InChI is InChI=1S/C17H20IN/c1-2-3-6-13-9-11-14(12-10-13)17(19)15-7-4-5-8-16(15)18/h4-5,7-12,17H,2-3,6,19H2,1H3. The molecule has 0 radical (unpaired) electrons. The predicted octanol–water partition coefficient (Wildman–Crippen LogP) is 4.68. The highest BCUT2D eigenvalue weighted by molar-refractivity contribution is 14.1. The predicted molar refractivity (Wildman–Crippen MR) is 90.2 cm³/mol. The average molecular weight is 365 g/mol. The summed E-state index contributed by atoms with van der Waals surface area (Å²) in [5.74, 6) is 0. The number of benzene rings is 2. The topological polar surface area (TPSA) is 26.0 Å². The number of rotatable bonds is 5. The normalized spacial score (nSPS) is 12.4. The van der Waals surface area contributed by atoms with Crippen LogP contribution in [0.5, 0.6) is 0 Å². The fourth-order valence-corrected chi connectivity index (χ4v) is 2.90. The van der Waals surface area contributed by atoms with E-state index in [1.54, 1.807) is 0 Å². The van der Waals surface area contributed by atoms with E-state index >= 15 is 0 Å². The first-order chi connectivity index (χ1) is 9.22. The number of aryl methyl sites for hydroxylation is 1. The van der Waals surface area contributed by atoms with E-state index in [0.717, 1.165) is 6.42 Å². The fourth-order valence-electron chi connectivity index (χ4n) is 2.18. The highest BCUT2D eigenvalue weighted by Crippen LogP contribution is 2.24. The van der Waals surface area contributed by atoms with Crippen LogP contribution < -0.4 is 5.73 Å². The van der Waals surface area contributed by atoms with Crippen molar-refractivity contribution in [2.24, 2.45) is 5.73 Å². The van der Waals surface area contributed by atoms with E-state index in [0.29, 0.717) is 0 Å². The Kier molecular flexibility index (Phi) is 5.40. The monoisotopic (exact) mass is 365 g/mol. The van der Waals surface area contributed by atoms with Crippen molar-refractivity contribution in [3.05, 3.63) is 68.8 Å². The van der Waals surface area contributed by atoms with Gasteiger partial charge >= 0.3 is 0 Å². The van der Waals surface area contributed by atoms with Crippen LogP contribution in [0.15, 0.2) is 48.5 Å². The molecule has 0 fully saturated rings. The summed E-state index contributed by atoms with van der Waals surface area (Å²) in [7, 11) is 0. The van der Waals surface area contributed by atoms with E-state index < -0.39 is 0 Å². The summed E-state index contributed by atoms with van der Waals surface area (Å²) in [5, 5.41) is 0. The van der Waals surface area contributed by atoms with Crippen molar-refractivity contribution in [1.29, 1.82) is 0 Å². The molecule has 1 unspecified atom stereocenters. The van der Waals surface area contributed by atoms with Crippen LogP contribution in [0.1, 0.15) is 42.5 Å². The lowest BCUT2D eigenvalue weighted by Gasteiger charge is -2.15. The van der Waals surface area contributed by atoms with Gasteiger partial charge in [0.05, 0.1) is 6.04 Å². The zero-order valence-electron chi connectivity index (χ0n) is 11.3. The van der Waals surface area contributed by atoms with Crippen molar-refractivity contribution in [3.63, 3.8) is 0 Å². The van der Waals surface area contributed by atoms with Gasteiger partial charge in [0.15, 0.2) is 0 Å².